The summed E-state index contributed by atoms with van der Waals surface area (Å²) < 4.78 is 0. The lowest BCUT2D eigenvalue weighted by Gasteiger charge is -2.31. The van der Waals surface area contributed by atoms with Gasteiger partial charge in [0.2, 0.25) is 0 Å². The highest BCUT2D eigenvalue weighted by Gasteiger charge is 2.18. The molecule has 134 valence electrons. The van der Waals surface area contributed by atoms with Crippen molar-refractivity contribution in [3.63, 3.8) is 0 Å². The van der Waals surface area contributed by atoms with E-state index in [-0.39, 0.29) is 24.0 Å². The minimum absolute atomic E-state index is 0. The number of halogens is 1. The fraction of sp³-hybridized carbons (Fsp3) is 0.632. The van der Waals surface area contributed by atoms with Crippen molar-refractivity contribution < 1.29 is 0 Å². The summed E-state index contributed by atoms with van der Waals surface area (Å²) in [4.78, 5) is 7.13. The van der Waals surface area contributed by atoms with E-state index in [0.29, 0.717) is 11.9 Å². The maximum absolute atomic E-state index is 6.15. The monoisotopic (exact) mass is 442 g/mol. The van der Waals surface area contributed by atoms with E-state index in [1.165, 1.54) is 49.8 Å². The zero-order valence-electron chi connectivity index (χ0n) is 14.8. The minimum atomic E-state index is 0. The number of piperidine rings is 1. The van der Waals surface area contributed by atoms with E-state index in [4.69, 9.17) is 5.73 Å². The lowest BCUT2D eigenvalue weighted by Crippen LogP contribution is -2.36. The van der Waals surface area contributed by atoms with Gasteiger partial charge in [0.15, 0.2) is 5.96 Å². The number of aryl methyl sites for hydroxylation is 1. The van der Waals surface area contributed by atoms with Gasteiger partial charge in [0, 0.05) is 18.8 Å². The smallest absolute Gasteiger partial charge is 0.193 e. The molecular formula is C19H31IN4. The van der Waals surface area contributed by atoms with Crippen molar-refractivity contribution in [2.45, 2.75) is 45.4 Å². The molecule has 1 aliphatic carbocycles. The molecule has 0 aromatic heterocycles. The third kappa shape index (κ3) is 5.09. The Bertz CT molecular complexity index is 558. The molecule has 1 aromatic carbocycles. The average Bonchev–Trinajstić information content (AvgIpc) is 2.60. The summed E-state index contributed by atoms with van der Waals surface area (Å²) in [7, 11) is 0. The third-order valence-electron chi connectivity index (χ3n) is 5.23. The lowest BCUT2D eigenvalue weighted by molar-refractivity contribution is 0.187. The minimum Gasteiger partial charge on any atom is -0.370 e. The Labute approximate surface area is 163 Å². The summed E-state index contributed by atoms with van der Waals surface area (Å²) in [6, 6.07) is 6.50. The molecule has 3 N–H and O–H groups in total. The molecule has 2 aliphatic rings. The zero-order valence-corrected chi connectivity index (χ0v) is 17.1. The van der Waals surface area contributed by atoms with E-state index in [1.807, 2.05) is 0 Å². The second-order valence-corrected chi connectivity index (χ2v) is 6.90. The van der Waals surface area contributed by atoms with Crippen LogP contribution < -0.4 is 11.1 Å². The van der Waals surface area contributed by atoms with Gasteiger partial charge in [-0.2, -0.15) is 0 Å². The molecule has 1 aromatic rings. The largest absolute Gasteiger partial charge is 0.370 e. The van der Waals surface area contributed by atoms with Crippen LogP contribution in [-0.2, 0) is 12.8 Å². The Morgan fingerprint density at radius 2 is 2.12 bits per heavy atom. The predicted octanol–water partition coefficient (Wildman–Crippen LogP) is 3.64. The Morgan fingerprint density at radius 1 is 1.29 bits per heavy atom. The first-order valence-corrected chi connectivity index (χ1v) is 9.16. The summed E-state index contributed by atoms with van der Waals surface area (Å²) in [5, 5.41) is 3.35. The van der Waals surface area contributed by atoms with E-state index < -0.39 is 0 Å². The second kappa shape index (κ2) is 9.61. The molecule has 0 radical (unpaired) electrons. The summed E-state index contributed by atoms with van der Waals surface area (Å²) >= 11 is 0. The van der Waals surface area contributed by atoms with Crippen LogP contribution in [0.25, 0.3) is 0 Å². The number of hydrogen-bond acceptors (Lipinski definition) is 2. The maximum atomic E-state index is 6.15. The van der Waals surface area contributed by atoms with Crippen molar-refractivity contribution in [3.05, 3.63) is 29.3 Å². The van der Waals surface area contributed by atoms with E-state index in [1.54, 1.807) is 0 Å². The average molecular weight is 442 g/mol. The van der Waals surface area contributed by atoms with Crippen molar-refractivity contribution in [1.82, 2.24) is 4.90 Å². The number of nitrogens with one attached hydrogen (secondary N) is 1. The molecule has 0 spiro atoms. The van der Waals surface area contributed by atoms with Crippen molar-refractivity contribution in [2.24, 2.45) is 16.6 Å². The Kier molecular flexibility index (Phi) is 7.81. The number of rotatable bonds is 4. The standard InChI is InChI=1S/C19H30N4.HI/c1-2-23-12-6-7-15(14-23)13-21-19(20)22-18-11-5-9-16-8-3-4-10-17(16)18;/h5,9,11,15H,2-4,6-8,10,12-14H2,1H3,(H3,20,21,22);1H. The number of fused-ring (bicyclic) bond motifs is 1. The van der Waals surface area contributed by atoms with Crippen molar-refractivity contribution in [3.8, 4) is 0 Å². The number of guanidine groups is 1. The number of benzene rings is 1. The molecule has 1 unspecified atom stereocenters. The second-order valence-electron chi connectivity index (χ2n) is 6.90. The van der Waals surface area contributed by atoms with Gasteiger partial charge in [0.05, 0.1) is 0 Å². The van der Waals surface area contributed by atoms with Crippen LogP contribution in [0.2, 0.25) is 0 Å². The first kappa shape index (κ1) is 19.5. The molecule has 3 rings (SSSR count). The third-order valence-corrected chi connectivity index (χ3v) is 5.23. The Balaban J connectivity index is 0.00000208. The molecular weight excluding hydrogens is 411 g/mol. The van der Waals surface area contributed by atoms with Crippen molar-refractivity contribution >= 4 is 35.6 Å². The summed E-state index contributed by atoms with van der Waals surface area (Å²) in [6.45, 7) is 6.61. The van der Waals surface area contributed by atoms with E-state index in [2.05, 4.69) is 40.3 Å². The molecule has 1 atom stereocenters. The molecule has 1 heterocycles. The van der Waals surface area contributed by atoms with Gasteiger partial charge in [-0.15, -0.1) is 24.0 Å². The normalized spacial score (nSPS) is 21.7. The van der Waals surface area contributed by atoms with Crippen molar-refractivity contribution in [2.75, 3.05) is 31.5 Å². The number of hydrogen-bond donors (Lipinski definition) is 2. The van der Waals surface area contributed by atoms with Crippen LogP contribution in [0.3, 0.4) is 0 Å². The summed E-state index contributed by atoms with van der Waals surface area (Å²) in [5.41, 5.74) is 10.2. The molecule has 0 amide bonds. The van der Waals surface area contributed by atoms with Gasteiger partial charge < -0.3 is 16.0 Å². The fourth-order valence-corrected chi connectivity index (χ4v) is 3.89. The summed E-state index contributed by atoms with van der Waals surface area (Å²) in [5.74, 6) is 1.21. The number of nitrogens with zero attached hydrogens (tertiary/aromatic N) is 2. The van der Waals surface area contributed by atoms with Gasteiger partial charge in [-0.05, 0) is 74.7 Å². The number of aliphatic imine (C=N–C) groups is 1. The highest BCUT2D eigenvalue weighted by Crippen LogP contribution is 2.27. The number of anilines is 1. The molecule has 1 fully saturated rings. The Hall–Kier alpha value is -0.820. The molecule has 24 heavy (non-hydrogen) atoms. The van der Waals surface area contributed by atoms with Crippen molar-refractivity contribution in [1.29, 1.82) is 0 Å². The first-order chi connectivity index (χ1) is 11.3. The molecule has 0 bridgehead atoms. The number of likely N-dealkylation sites (tertiary alicyclic amines) is 1. The zero-order chi connectivity index (χ0) is 16.1. The number of nitrogens with two attached hydrogens (primary N) is 1. The Morgan fingerprint density at radius 3 is 2.96 bits per heavy atom. The van der Waals surface area contributed by atoms with E-state index in [0.717, 1.165) is 31.7 Å². The highest BCUT2D eigenvalue weighted by atomic mass is 127. The lowest BCUT2D eigenvalue weighted by atomic mass is 9.90. The van der Waals surface area contributed by atoms with E-state index in [9.17, 15) is 0 Å². The van der Waals surface area contributed by atoms with Crippen LogP contribution in [0.1, 0.15) is 43.7 Å². The molecule has 0 saturated carbocycles. The van der Waals surface area contributed by atoms with Crippen LogP contribution in [0.4, 0.5) is 5.69 Å². The quantitative estimate of drug-likeness (QED) is 0.425. The molecule has 5 heteroatoms. The first-order valence-electron chi connectivity index (χ1n) is 9.16. The summed E-state index contributed by atoms with van der Waals surface area (Å²) in [6.07, 6.45) is 7.48. The van der Waals surface area contributed by atoms with Crippen LogP contribution >= 0.6 is 24.0 Å². The fourth-order valence-electron chi connectivity index (χ4n) is 3.89. The van der Waals surface area contributed by atoms with Gasteiger partial charge in [0.1, 0.15) is 0 Å². The van der Waals surface area contributed by atoms with Gasteiger partial charge in [0.25, 0.3) is 0 Å². The molecule has 4 nitrogen and oxygen atoms in total. The van der Waals surface area contributed by atoms with Gasteiger partial charge >= 0.3 is 0 Å². The molecule has 1 aliphatic heterocycles. The van der Waals surface area contributed by atoms with Gasteiger partial charge in [-0.25, -0.2) is 0 Å². The van der Waals surface area contributed by atoms with Crippen LogP contribution in [-0.4, -0.2) is 37.0 Å². The highest BCUT2D eigenvalue weighted by molar-refractivity contribution is 14.0. The topological polar surface area (TPSA) is 53.6 Å². The van der Waals surface area contributed by atoms with Crippen LogP contribution in [0, 0.1) is 5.92 Å². The molecule has 1 saturated heterocycles. The van der Waals surface area contributed by atoms with Gasteiger partial charge in [-0.3, -0.25) is 4.99 Å². The SMILES string of the molecule is CCN1CCCC(CN=C(N)Nc2cccc3c2CCCC3)C1.I. The van der Waals surface area contributed by atoms with E-state index >= 15 is 0 Å². The maximum Gasteiger partial charge on any atom is 0.193 e. The van der Waals surface area contributed by atoms with Crippen LogP contribution in [0.15, 0.2) is 23.2 Å². The predicted molar refractivity (Wildman–Crippen MR) is 113 cm³/mol. The van der Waals surface area contributed by atoms with Crippen LogP contribution in [0.5, 0.6) is 0 Å². The van der Waals surface area contributed by atoms with Gasteiger partial charge in [-0.1, -0.05) is 19.1 Å².